The van der Waals surface area contributed by atoms with E-state index in [0.717, 1.165) is 64.1 Å². The van der Waals surface area contributed by atoms with Crippen LogP contribution in [-0.4, -0.2) is 61.1 Å². The predicted octanol–water partition coefficient (Wildman–Crippen LogP) is 4.75. The summed E-state index contributed by atoms with van der Waals surface area (Å²) >= 11 is 12.6. The highest BCUT2D eigenvalue weighted by molar-refractivity contribution is 6.42. The summed E-state index contributed by atoms with van der Waals surface area (Å²) in [5.74, 6) is 0. The molecule has 2 heterocycles. The minimum Gasteiger partial charge on any atom is -0.330 e. The van der Waals surface area contributed by atoms with E-state index in [4.69, 9.17) is 23.2 Å². The lowest BCUT2D eigenvalue weighted by atomic mass is 9.90. The second kappa shape index (κ2) is 11.4. The van der Waals surface area contributed by atoms with Crippen molar-refractivity contribution in [2.45, 2.75) is 37.8 Å². The molecule has 0 bridgehead atoms. The smallest absolute Gasteiger partial charge is 0.318 e. The second-order valence-electron chi connectivity index (χ2n) is 8.67. The molecule has 2 saturated heterocycles. The van der Waals surface area contributed by atoms with Gasteiger partial charge in [-0.1, -0.05) is 66.0 Å². The number of nitrogens with zero attached hydrogens (tertiary/aromatic N) is 2. The fourth-order valence-electron chi connectivity index (χ4n) is 4.79. The zero-order valence-corrected chi connectivity index (χ0v) is 19.9. The third-order valence-electron chi connectivity index (χ3n) is 6.57. The average Bonchev–Trinajstić information content (AvgIpc) is 2.84. The summed E-state index contributed by atoms with van der Waals surface area (Å²) in [5, 5.41) is 7.73. The van der Waals surface area contributed by atoms with E-state index in [1.54, 1.807) is 0 Å². The Morgan fingerprint density at radius 3 is 2.56 bits per heavy atom. The number of halogens is 2. The van der Waals surface area contributed by atoms with Gasteiger partial charge in [-0.25, -0.2) is 4.79 Å². The Kier molecular flexibility index (Phi) is 8.31. The average molecular weight is 475 g/mol. The summed E-state index contributed by atoms with van der Waals surface area (Å²) in [6.45, 7) is 5.12. The van der Waals surface area contributed by atoms with Crippen LogP contribution in [0.15, 0.2) is 48.5 Å². The number of carbonyl (C=O) groups excluding carboxylic acids is 1. The van der Waals surface area contributed by atoms with Gasteiger partial charge in [0.2, 0.25) is 0 Å². The molecule has 2 N–H and O–H groups in total. The Balaban J connectivity index is 1.55. The maximum Gasteiger partial charge on any atom is 0.318 e. The van der Waals surface area contributed by atoms with Gasteiger partial charge in [-0.2, -0.15) is 0 Å². The van der Waals surface area contributed by atoms with Gasteiger partial charge in [0.05, 0.1) is 16.1 Å². The first-order valence-corrected chi connectivity index (χ1v) is 12.4. The van der Waals surface area contributed by atoms with Crippen molar-refractivity contribution in [1.29, 1.82) is 0 Å². The summed E-state index contributed by atoms with van der Waals surface area (Å²) in [7, 11) is 0. The van der Waals surface area contributed by atoms with Crippen molar-refractivity contribution >= 4 is 29.2 Å². The van der Waals surface area contributed by atoms with Gasteiger partial charge in [0, 0.05) is 38.8 Å². The van der Waals surface area contributed by atoms with E-state index in [1.165, 1.54) is 12.0 Å². The molecule has 2 atom stereocenters. The lowest BCUT2D eigenvalue weighted by Crippen LogP contribution is -2.54. The van der Waals surface area contributed by atoms with E-state index in [0.29, 0.717) is 10.0 Å². The number of piperazine rings is 1. The molecule has 2 aliphatic rings. The normalized spacial score (nSPS) is 20.7. The molecular weight excluding hydrogens is 443 g/mol. The van der Waals surface area contributed by atoms with Crippen LogP contribution in [0.1, 0.15) is 36.4 Å². The van der Waals surface area contributed by atoms with E-state index in [-0.39, 0.29) is 18.1 Å². The molecule has 2 aliphatic heterocycles. The maximum absolute atomic E-state index is 13.2. The molecular formula is C25H32Cl2N4O. The van der Waals surface area contributed by atoms with E-state index >= 15 is 0 Å². The molecule has 0 spiro atoms. The van der Waals surface area contributed by atoms with Gasteiger partial charge >= 0.3 is 6.03 Å². The number of amides is 2. The number of urea groups is 1. The Bertz CT molecular complexity index is 889. The number of hydrogen-bond acceptors (Lipinski definition) is 3. The van der Waals surface area contributed by atoms with Crippen molar-refractivity contribution in [1.82, 2.24) is 20.4 Å². The lowest BCUT2D eigenvalue weighted by molar-refractivity contribution is 0.111. The Morgan fingerprint density at radius 2 is 1.81 bits per heavy atom. The lowest BCUT2D eigenvalue weighted by Gasteiger charge is -2.42. The SMILES string of the molecule is O=C(NC(c1ccc(Cl)c(Cl)c1)C1CCCCN1CCc1ccccc1)N1CCNCC1. The molecule has 0 aromatic heterocycles. The van der Waals surface area contributed by atoms with Crippen LogP contribution in [0.3, 0.4) is 0 Å². The molecule has 172 valence electrons. The molecule has 2 amide bonds. The van der Waals surface area contributed by atoms with Crippen LogP contribution in [0.25, 0.3) is 0 Å². The summed E-state index contributed by atoms with van der Waals surface area (Å²) < 4.78 is 0. The van der Waals surface area contributed by atoms with E-state index in [1.807, 2.05) is 23.1 Å². The summed E-state index contributed by atoms with van der Waals surface area (Å²) in [6, 6.07) is 16.4. The molecule has 5 nitrogen and oxygen atoms in total. The molecule has 2 unspecified atom stereocenters. The standard InChI is InChI=1S/C25H32Cl2N4O/c26-21-10-9-20(18-22(21)27)24(29-25(32)31-16-12-28-13-17-31)23-8-4-5-14-30(23)15-11-19-6-2-1-3-7-19/h1-3,6-7,9-10,18,23-24,28H,4-5,8,11-17H2,(H,29,32). The third kappa shape index (κ3) is 5.96. The van der Waals surface area contributed by atoms with Crippen LogP contribution in [-0.2, 0) is 6.42 Å². The number of hydrogen-bond donors (Lipinski definition) is 2. The van der Waals surface area contributed by atoms with Gasteiger partial charge in [0.1, 0.15) is 0 Å². The number of nitrogens with one attached hydrogen (secondary N) is 2. The monoisotopic (exact) mass is 474 g/mol. The van der Waals surface area contributed by atoms with E-state index in [9.17, 15) is 4.79 Å². The minimum absolute atomic E-state index is 0.00356. The fraction of sp³-hybridized carbons (Fsp3) is 0.480. The van der Waals surface area contributed by atoms with Gasteiger partial charge in [-0.15, -0.1) is 0 Å². The maximum atomic E-state index is 13.2. The van der Waals surface area contributed by atoms with Crippen molar-refractivity contribution < 1.29 is 4.79 Å². The molecule has 7 heteroatoms. The summed E-state index contributed by atoms with van der Waals surface area (Å²) in [6.07, 6.45) is 4.39. The molecule has 2 aromatic carbocycles. The quantitative estimate of drug-likeness (QED) is 0.634. The highest BCUT2D eigenvalue weighted by atomic mass is 35.5. The van der Waals surface area contributed by atoms with Gasteiger partial charge < -0.3 is 15.5 Å². The number of carbonyl (C=O) groups is 1. The van der Waals surface area contributed by atoms with Crippen molar-refractivity contribution in [3.05, 3.63) is 69.7 Å². The van der Waals surface area contributed by atoms with E-state index in [2.05, 4.69) is 45.9 Å². The van der Waals surface area contributed by atoms with Crippen molar-refractivity contribution in [3.8, 4) is 0 Å². The van der Waals surface area contributed by atoms with Crippen LogP contribution in [0.5, 0.6) is 0 Å². The van der Waals surface area contributed by atoms with Crippen LogP contribution >= 0.6 is 23.2 Å². The van der Waals surface area contributed by atoms with Crippen LogP contribution < -0.4 is 10.6 Å². The Labute approximate surface area is 201 Å². The zero-order chi connectivity index (χ0) is 22.3. The van der Waals surface area contributed by atoms with Crippen molar-refractivity contribution in [2.24, 2.45) is 0 Å². The highest BCUT2D eigenvalue weighted by Gasteiger charge is 2.33. The first kappa shape index (κ1) is 23.4. The predicted molar refractivity (Wildman–Crippen MR) is 132 cm³/mol. The molecule has 0 saturated carbocycles. The fourth-order valence-corrected chi connectivity index (χ4v) is 5.10. The van der Waals surface area contributed by atoms with Gasteiger partial charge in [0.25, 0.3) is 0 Å². The molecule has 4 rings (SSSR count). The number of rotatable bonds is 6. The van der Waals surface area contributed by atoms with Gasteiger partial charge in [-0.3, -0.25) is 4.90 Å². The van der Waals surface area contributed by atoms with E-state index < -0.39 is 0 Å². The molecule has 0 aliphatic carbocycles. The molecule has 2 fully saturated rings. The molecule has 0 radical (unpaired) electrons. The molecule has 2 aromatic rings. The second-order valence-corrected chi connectivity index (χ2v) is 9.49. The van der Waals surface area contributed by atoms with Crippen LogP contribution in [0.2, 0.25) is 10.0 Å². The number of piperidine rings is 1. The minimum atomic E-state index is -0.136. The first-order valence-electron chi connectivity index (χ1n) is 11.6. The number of benzene rings is 2. The number of likely N-dealkylation sites (tertiary alicyclic amines) is 1. The largest absolute Gasteiger partial charge is 0.330 e. The van der Waals surface area contributed by atoms with Crippen molar-refractivity contribution in [2.75, 3.05) is 39.3 Å². The van der Waals surface area contributed by atoms with Gasteiger partial charge in [0.15, 0.2) is 0 Å². The first-order chi connectivity index (χ1) is 15.6. The summed E-state index contributed by atoms with van der Waals surface area (Å²) in [4.78, 5) is 17.6. The zero-order valence-electron chi connectivity index (χ0n) is 18.4. The summed E-state index contributed by atoms with van der Waals surface area (Å²) in [5.41, 5.74) is 2.35. The van der Waals surface area contributed by atoms with Crippen LogP contribution in [0.4, 0.5) is 4.79 Å². The van der Waals surface area contributed by atoms with Crippen molar-refractivity contribution in [3.63, 3.8) is 0 Å². The molecule has 32 heavy (non-hydrogen) atoms. The van der Waals surface area contributed by atoms with Gasteiger partial charge in [-0.05, 0) is 49.1 Å². The highest BCUT2D eigenvalue weighted by Crippen LogP contribution is 2.32. The van der Waals surface area contributed by atoms with Crippen LogP contribution in [0, 0.1) is 0 Å². The Morgan fingerprint density at radius 1 is 1.03 bits per heavy atom. The topological polar surface area (TPSA) is 47.6 Å². The third-order valence-corrected chi connectivity index (χ3v) is 7.30. The Hall–Kier alpha value is -1.79.